The molecule has 2 N–H and O–H groups in total. The van der Waals surface area contributed by atoms with Gasteiger partial charge in [0.05, 0.1) is 16.8 Å². The van der Waals surface area contributed by atoms with Gasteiger partial charge in [-0.05, 0) is 56.1 Å². The molecule has 0 saturated carbocycles. The molecule has 3 aromatic rings. The van der Waals surface area contributed by atoms with Gasteiger partial charge in [-0.2, -0.15) is 0 Å². The summed E-state index contributed by atoms with van der Waals surface area (Å²) in [5.41, 5.74) is 3.24. The highest BCUT2D eigenvalue weighted by molar-refractivity contribution is 6.07. The smallest absolute Gasteiger partial charge is 0.252 e. The number of nitrogens with one attached hydrogen (secondary N) is 2. The topological polar surface area (TPSA) is 66.9 Å². The van der Waals surface area contributed by atoms with Crippen molar-refractivity contribution in [1.82, 2.24) is 20.6 Å². The van der Waals surface area contributed by atoms with E-state index in [0.717, 1.165) is 41.7 Å². The van der Waals surface area contributed by atoms with Crippen molar-refractivity contribution in [3.8, 4) is 11.3 Å². The van der Waals surface area contributed by atoms with Crippen LogP contribution in [0, 0.1) is 5.92 Å². The number of fused-ring (bicyclic) bond motifs is 1. The third-order valence-electron chi connectivity index (χ3n) is 4.89. The summed E-state index contributed by atoms with van der Waals surface area (Å²) >= 11 is 0. The van der Waals surface area contributed by atoms with E-state index in [9.17, 15) is 4.79 Å². The van der Waals surface area contributed by atoms with Crippen molar-refractivity contribution in [3.05, 3.63) is 60.4 Å². The molecule has 4 rings (SSSR count). The van der Waals surface area contributed by atoms with Gasteiger partial charge >= 0.3 is 0 Å². The maximum atomic E-state index is 12.9. The van der Waals surface area contributed by atoms with Crippen LogP contribution in [0.5, 0.6) is 0 Å². The van der Waals surface area contributed by atoms with Gasteiger partial charge < -0.3 is 10.6 Å². The first-order valence-electron chi connectivity index (χ1n) is 9.10. The molecule has 1 aromatic carbocycles. The summed E-state index contributed by atoms with van der Waals surface area (Å²) in [7, 11) is 0. The van der Waals surface area contributed by atoms with Crippen LogP contribution in [-0.2, 0) is 0 Å². The monoisotopic (exact) mass is 346 g/mol. The van der Waals surface area contributed by atoms with Gasteiger partial charge in [0, 0.05) is 29.9 Å². The Kier molecular flexibility index (Phi) is 4.88. The molecular formula is C21H22N4O. The van der Waals surface area contributed by atoms with E-state index in [-0.39, 0.29) is 5.91 Å². The molecule has 1 unspecified atom stereocenters. The summed E-state index contributed by atoms with van der Waals surface area (Å²) in [5, 5.41) is 7.39. The highest BCUT2D eigenvalue weighted by Gasteiger charge is 2.17. The van der Waals surface area contributed by atoms with E-state index in [0.29, 0.717) is 18.0 Å². The van der Waals surface area contributed by atoms with E-state index in [1.165, 1.54) is 6.42 Å². The lowest BCUT2D eigenvalue weighted by Gasteiger charge is -2.23. The number of aromatic nitrogens is 2. The van der Waals surface area contributed by atoms with Gasteiger partial charge in [0.2, 0.25) is 0 Å². The van der Waals surface area contributed by atoms with E-state index in [4.69, 9.17) is 4.98 Å². The molecule has 1 aliphatic rings. The first-order valence-corrected chi connectivity index (χ1v) is 9.10. The number of hydrogen-bond donors (Lipinski definition) is 2. The molecule has 0 spiro atoms. The molecule has 5 nitrogen and oxygen atoms in total. The fraction of sp³-hybridized carbons (Fsp3) is 0.286. The van der Waals surface area contributed by atoms with Gasteiger partial charge in [0.15, 0.2) is 0 Å². The number of carbonyl (C=O) groups excluding carboxylic acids is 1. The van der Waals surface area contributed by atoms with Crippen LogP contribution in [0.2, 0.25) is 0 Å². The first kappa shape index (κ1) is 16.7. The predicted octanol–water partition coefficient (Wildman–Crippen LogP) is 3.03. The van der Waals surface area contributed by atoms with Crippen LogP contribution in [0.4, 0.5) is 0 Å². The van der Waals surface area contributed by atoms with Crippen molar-refractivity contribution < 1.29 is 4.79 Å². The molecule has 1 fully saturated rings. The second-order valence-electron chi connectivity index (χ2n) is 6.73. The molecule has 0 aliphatic carbocycles. The number of pyridine rings is 2. The van der Waals surface area contributed by atoms with Gasteiger partial charge in [-0.1, -0.05) is 18.2 Å². The van der Waals surface area contributed by atoms with Gasteiger partial charge in [-0.15, -0.1) is 0 Å². The van der Waals surface area contributed by atoms with E-state index in [1.807, 2.05) is 42.5 Å². The van der Waals surface area contributed by atoms with Gasteiger partial charge in [0.1, 0.15) is 0 Å². The number of piperidine rings is 1. The molecule has 2 aromatic heterocycles. The number of nitrogens with zero attached hydrogens (tertiary/aromatic N) is 2. The normalized spacial score (nSPS) is 17.2. The van der Waals surface area contributed by atoms with E-state index in [2.05, 4.69) is 15.6 Å². The minimum atomic E-state index is -0.0375. The van der Waals surface area contributed by atoms with Crippen LogP contribution in [0.1, 0.15) is 23.2 Å². The lowest BCUT2D eigenvalue weighted by atomic mass is 9.99. The SMILES string of the molecule is O=C(NCC1CCCNC1)c1cc(-c2ccncc2)nc2ccccc12. The van der Waals surface area contributed by atoms with Gasteiger partial charge in [-0.25, -0.2) is 4.98 Å². The minimum Gasteiger partial charge on any atom is -0.352 e. The molecule has 1 saturated heterocycles. The molecule has 1 amide bonds. The van der Waals surface area contributed by atoms with Crippen LogP contribution in [0.25, 0.3) is 22.2 Å². The molecule has 0 bridgehead atoms. The third-order valence-corrected chi connectivity index (χ3v) is 4.89. The average molecular weight is 346 g/mol. The minimum absolute atomic E-state index is 0.0375. The van der Waals surface area contributed by atoms with E-state index >= 15 is 0 Å². The maximum absolute atomic E-state index is 12.9. The largest absolute Gasteiger partial charge is 0.352 e. The molecule has 1 atom stereocenters. The Hall–Kier alpha value is -2.79. The molecule has 3 heterocycles. The number of carbonyl (C=O) groups is 1. The van der Waals surface area contributed by atoms with Crippen LogP contribution in [0.15, 0.2) is 54.9 Å². The molecule has 5 heteroatoms. The number of amides is 1. The Balaban J connectivity index is 1.65. The molecule has 132 valence electrons. The quantitative estimate of drug-likeness (QED) is 0.762. The number of hydrogen-bond acceptors (Lipinski definition) is 4. The third kappa shape index (κ3) is 3.58. The second-order valence-corrected chi connectivity index (χ2v) is 6.73. The number of para-hydroxylation sites is 1. The second kappa shape index (κ2) is 7.62. The van der Waals surface area contributed by atoms with Crippen molar-refractivity contribution in [2.24, 2.45) is 5.92 Å². The Morgan fingerprint density at radius 1 is 1.19 bits per heavy atom. The van der Waals surface area contributed by atoms with Crippen molar-refractivity contribution in [1.29, 1.82) is 0 Å². The fourth-order valence-electron chi connectivity index (χ4n) is 3.46. The van der Waals surface area contributed by atoms with Crippen LogP contribution < -0.4 is 10.6 Å². The van der Waals surface area contributed by atoms with Crippen molar-refractivity contribution in [2.45, 2.75) is 12.8 Å². The van der Waals surface area contributed by atoms with Crippen molar-refractivity contribution >= 4 is 16.8 Å². The zero-order valence-electron chi connectivity index (χ0n) is 14.6. The maximum Gasteiger partial charge on any atom is 0.252 e. The highest BCUT2D eigenvalue weighted by atomic mass is 16.1. The van der Waals surface area contributed by atoms with Crippen molar-refractivity contribution in [2.75, 3.05) is 19.6 Å². The average Bonchev–Trinajstić information content (AvgIpc) is 2.72. The standard InChI is InChI=1S/C21H22N4O/c26-21(24-14-15-4-3-9-23-13-15)18-12-20(16-7-10-22-11-8-16)25-19-6-2-1-5-17(18)19/h1-2,5-8,10-12,15,23H,3-4,9,13-14H2,(H,24,26). The fourth-order valence-corrected chi connectivity index (χ4v) is 3.46. The highest BCUT2D eigenvalue weighted by Crippen LogP contribution is 2.24. The van der Waals surface area contributed by atoms with Crippen LogP contribution in [-0.4, -0.2) is 35.5 Å². The number of benzene rings is 1. The molecule has 1 aliphatic heterocycles. The van der Waals surface area contributed by atoms with E-state index in [1.54, 1.807) is 12.4 Å². The zero-order chi connectivity index (χ0) is 17.8. The molecule has 0 radical (unpaired) electrons. The van der Waals surface area contributed by atoms with Gasteiger partial charge in [0.25, 0.3) is 5.91 Å². The zero-order valence-corrected chi connectivity index (χ0v) is 14.6. The summed E-state index contributed by atoms with van der Waals surface area (Å²) in [6.07, 6.45) is 5.81. The predicted molar refractivity (Wildman–Crippen MR) is 103 cm³/mol. The van der Waals surface area contributed by atoms with Crippen LogP contribution >= 0.6 is 0 Å². The first-order chi connectivity index (χ1) is 12.8. The molecule has 26 heavy (non-hydrogen) atoms. The number of rotatable bonds is 4. The summed E-state index contributed by atoms with van der Waals surface area (Å²) in [6, 6.07) is 13.5. The summed E-state index contributed by atoms with van der Waals surface area (Å²) < 4.78 is 0. The van der Waals surface area contributed by atoms with E-state index < -0.39 is 0 Å². The summed E-state index contributed by atoms with van der Waals surface area (Å²) in [4.78, 5) is 21.7. The Bertz CT molecular complexity index is 904. The van der Waals surface area contributed by atoms with Crippen LogP contribution in [0.3, 0.4) is 0 Å². The summed E-state index contributed by atoms with van der Waals surface area (Å²) in [5.74, 6) is 0.463. The molecular weight excluding hydrogens is 324 g/mol. The lowest BCUT2D eigenvalue weighted by Crippen LogP contribution is -2.38. The lowest BCUT2D eigenvalue weighted by molar-refractivity contribution is 0.0946. The van der Waals surface area contributed by atoms with Crippen molar-refractivity contribution in [3.63, 3.8) is 0 Å². The summed E-state index contributed by atoms with van der Waals surface area (Å²) in [6.45, 7) is 2.75. The Morgan fingerprint density at radius 3 is 2.85 bits per heavy atom. The Morgan fingerprint density at radius 2 is 2.04 bits per heavy atom. The Labute approximate surface area is 152 Å². The van der Waals surface area contributed by atoms with Gasteiger partial charge in [-0.3, -0.25) is 9.78 Å².